The fourth-order valence-corrected chi connectivity index (χ4v) is 4.42. The molecule has 4 rings (SSSR count). The predicted molar refractivity (Wildman–Crippen MR) is 144 cm³/mol. The van der Waals surface area contributed by atoms with E-state index in [1.54, 1.807) is 41.1 Å². The Labute approximate surface area is 219 Å². The van der Waals surface area contributed by atoms with Crippen LogP contribution in [0.5, 0.6) is 0 Å². The molecular weight excluding hydrogens is 497 g/mol. The minimum absolute atomic E-state index is 0.203. The Morgan fingerprint density at radius 2 is 1.72 bits per heavy atom. The lowest BCUT2D eigenvalue weighted by molar-refractivity contribution is -0.136. The third-order valence-corrected chi connectivity index (χ3v) is 6.48. The zero-order valence-corrected chi connectivity index (χ0v) is 21.6. The van der Waals surface area contributed by atoms with Crippen molar-refractivity contribution >= 4 is 40.8 Å². The quantitative estimate of drug-likeness (QED) is 0.270. The first kappa shape index (κ1) is 25.5. The molecule has 1 heterocycles. The molecule has 2 N–H and O–H groups in total. The molecule has 0 saturated heterocycles. The van der Waals surface area contributed by atoms with Crippen LogP contribution in [0.3, 0.4) is 0 Å². The molecule has 6 nitrogen and oxygen atoms in total. The zero-order valence-electron chi connectivity index (χ0n) is 20.0. The van der Waals surface area contributed by atoms with Gasteiger partial charge >= 0.3 is 5.97 Å². The maximum Gasteiger partial charge on any atom is 0.307 e. The van der Waals surface area contributed by atoms with Crippen molar-refractivity contribution in [3.8, 4) is 16.9 Å². The lowest BCUT2D eigenvalue weighted by atomic mass is 10.0. The summed E-state index contributed by atoms with van der Waals surface area (Å²) in [5.74, 6) is -1.13. The van der Waals surface area contributed by atoms with E-state index in [4.69, 9.17) is 23.2 Å². The Bertz CT molecular complexity index is 1440. The van der Waals surface area contributed by atoms with Gasteiger partial charge in [0.1, 0.15) is 0 Å². The van der Waals surface area contributed by atoms with Crippen LogP contribution in [0.25, 0.3) is 16.9 Å². The minimum Gasteiger partial charge on any atom is -0.481 e. The summed E-state index contributed by atoms with van der Waals surface area (Å²) in [6.07, 6.45) is -0.211. The number of carbonyl (C=O) groups is 2. The van der Waals surface area contributed by atoms with Gasteiger partial charge in [0.15, 0.2) is 5.69 Å². The highest BCUT2D eigenvalue weighted by Crippen LogP contribution is 2.34. The summed E-state index contributed by atoms with van der Waals surface area (Å²) in [5.41, 5.74) is 5.03. The predicted octanol–water partition coefficient (Wildman–Crippen LogP) is 7.16. The summed E-state index contributed by atoms with van der Waals surface area (Å²) >= 11 is 12.8. The molecule has 0 radical (unpaired) electrons. The van der Waals surface area contributed by atoms with E-state index >= 15 is 0 Å². The number of rotatable bonds is 7. The summed E-state index contributed by atoms with van der Waals surface area (Å²) in [5, 5.41) is 17.8. The molecule has 0 aliphatic heterocycles. The molecule has 8 heteroatoms. The number of benzene rings is 3. The maximum atomic E-state index is 13.4. The second-order valence-electron chi connectivity index (χ2n) is 8.79. The highest BCUT2D eigenvalue weighted by molar-refractivity contribution is 6.32. The van der Waals surface area contributed by atoms with Crippen LogP contribution in [0, 0.1) is 6.92 Å². The average molecular weight is 522 g/mol. The Kier molecular flexibility index (Phi) is 7.48. The van der Waals surface area contributed by atoms with Gasteiger partial charge in [0.2, 0.25) is 0 Å². The molecular formula is C28H25Cl2N3O3. The third-order valence-electron chi connectivity index (χ3n) is 5.93. The SMILES string of the molecule is Cc1c(C(=O)Nc2ccccc2CC(=O)O)nn(-c2ccc(C(C)C)cc2Cl)c1-c1ccc(Cl)cc1. The Morgan fingerprint density at radius 1 is 1.03 bits per heavy atom. The van der Waals surface area contributed by atoms with Crippen molar-refractivity contribution in [3.63, 3.8) is 0 Å². The fourth-order valence-electron chi connectivity index (χ4n) is 4.03. The standard InChI is InChI=1S/C28H25Cl2N3O3/c1-16(2)19-10-13-24(22(30)14-19)33-27(18-8-11-21(29)12-9-18)17(3)26(32-33)28(36)31-23-7-5-4-6-20(23)15-25(34)35/h4-14,16H,15H2,1-3H3,(H,31,36)(H,34,35). The second-order valence-corrected chi connectivity index (χ2v) is 9.63. The number of hydrogen-bond acceptors (Lipinski definition) is 3. The zero-order chi connectivity index (χ0) is 26.0. The molecule has 3 aromatic carbocycles. The van der Waals surface area contributed by atoms with Gasteiger partial charge in [-0.15, -0.1) is 0 Å². The smallest absolute Gasteiger partial charge is 0.307 e. The van der Waals surface area contributed by atoms with Gasteiger partial charge in [0.25, 0.3) is 5.91 Å². The Balaban J connectivity index is 1.82. The lowest BCUT2D eigenvalue weighted by Gasteiger charge is -2.13. The molecule has 0 spiro atoms. The number of nitrogens with one attached hydrogen (secondary N) is 1. The number of carboxylic acids is 1. The highest BCUT2D eigenvalue weighted by Gasteiger charge is 2.24. The van der Waals surface area contributed by atoms with E-state index in [1.807, 2.05) is 37.3 Å². The minimum atomic E-state index is -0.985. The topological polar surface area (TPSA) is 84.2 Å². The Morgan fingerprint density at radius 3 is 2.36 bits per heavy atom. The molecule has 36 heavy (non-hydrogen) atoms. The van der Waals surface area contributed by atoms with E-state index in [9.17, 15) is 14.7 Å². The molecule has 1 aromatic heterocycles. The van der Waals surface area contributed by atoms with E-state index in [0.29, 0.717) is 44.2 Å². The number of aliphatic carboxylic acids is 1. The summed E-state index contributed by atoms with van der Waals surface area (Å²) in [4.78, 5) is 24.7. The molecule has 1 amide bonds. The molecule has 184 valence electrons. The molecule has 0 bridgehead atoms. The maximum absolute atomic E-state index is 13.4. The first-order chi connectivity index (χ1) is 17.2. The van der Waals surface area contributed by atoms with Gasteiger partial charge in [0, 0.05) is 21.8 Å². The largest absolute Gasteiger partial charge is 0.481 e. The van der Waals surface area contributed by atoms with Gasteiger partial charge < -0.3 is 10.4 Å². The summed E-state index contributed by atoms with van der Waals surface area (Å²) in [6.45, 7) is 6.00. The number of aromatic nitrogens is 2. The van der Waals surface area contributed by atoms with Crippen molar-refractivity contribution < 1.29 is 14.7 Å². The van der Waals surface area contributed by atoms with Crippen LogP contribution in [-0.4, -0.2) is 26.8 Å². The van der Waals surface area contributed by atoms with E-state index in [-0.39, 0.29) is 12.1 Å². The van der Waals surface area contributed by atoms with Crippen LogP contribution in [-0.2, 0) is 11.2 Å². The number of halogens is 2. The van der Waals surface area contributed by atoms with Gasteiger partial charge in [-0.1, -0.05) is 73.4 Å². The van der Waals surface area contributed by atoms with Crippen molar-refractivity contribution in [1.29, 1.82) is 0 Å². The van der Waals surface area contributed by atoms with Crippen molar-refractivity contribution in [2.75, 3.05) is 5.32 Å². The van der Waals surface area contributed by atoms with E-state index in [2.05, 4.69) is 24.3 Å². The number of para-hydroxylation sites is 1. The van der Waals surface area contributed by atoms with Crippen LogP contribution in [0.15, 0.2) is 66.7 Å². The van der Waals surface area contributed by atoms with E-state index in [1.165, 1.54) is 0 Å². The molecule has 0 fully saturated rings. The van der Waals surface area contributed by atoms with Crippen molar-refractivity contribution in [2.24, 2.45) is 0 Å². The summed E-state index contributed by atoms with van der Waals surface area (Å²) in [7, 11) is 0. The van der Waals surface area contributed by atoms with Gasteiger partial charge in [-0.05, 0) is 54.3 Å². The molecule has 0 unspecified atom stereocenters. The monoisotopic (exact) mass is 521 g/mol. The van der Waals surface area contributed by atoms with Gasteiger partial charge in [-0.3, -0.25) is 9.59 Å². The van der Waals surface area contributed by atoms with Gasteiger partial charge in [0.05, 0.1) is 22.8 Å². The first-order valence-corrected chi connectivity index (χ1v) is 12.2. The Hall–Kier alpha value is -3.61. The van der Waals surface area contributed by atoms with E-state index in [0.717, 1.165) is 11.1 Å². The number of hydrogen-bond donors (Lipinski definition) is 2. The van der Waals surface area contributed by atoms with E-state index < -0.39 is 11.9 Å². The van der Waals surface area contributed by atoms with Crippen LogP contribution in [0.2, 0.25) is 10.0 Å². The van der Waals surface area contributed by atoms with Crippen molar-refractivity contribution in [3.05, 3.63) is 99.2 Å². The first-order valence-electron chi connectivity index (χ1n) is 11.4. The molecule has 0 atom stereocenters. The van der Waals surface area contributed by atoms with Crippen molar-refractivity contribution in [1.82, 2.24) is 9.78 Å². The highest BCUT2D eigenvalue weighted by atomic mass is 35.5. The molecule has 0 aliphatic rings. The fraction of sp³-hybridized carbons (Fsp3) is 0.179. The number of nitrogens with zero attached hydrogens (tertiary/aromatic N) is 2. The molecule has 0 saturated carbocycles. The number of carboxylic acid groups (broad SMARTS) is 1. The number of anilines is 1. The normalized spacial score (nSPS) is 11.1. The summed E-state index contributed by atoms with van der Waals surface area (Å²) < 4.78 is 1.67. The molecule has 4 aromatic rings. The number of carbonyl (C=O) groups excluding carboxylic acids is 1. The average Bonchev–Trinajstić information content (AvgIpc) is 3.17. The van der Waals surface area contributed by atoms with Crippen LogP contribution >= 0.6 is 23.2 Å². The van der Waals surface area contributed by atoms with Gasteiger partial charge in [-0.2, -0.15) is 5.10 Å². The van der Waals surface area contributed by atoms with Crippen LogP contribution < -0.4 is 5.32 Å². The van der Waals surface area contributed by atoms with Gasteiger partial charge in [-0.25, -0.2) is 4.68 Å². The van der Waals surface area contributed by atoms with Crippen LogP contribution in [0.1, 0.15) is 46.9 Å². The second kappa shape index (κ2) is 10.6. The molecule has 0 aliphatic carbocycles. The number of amides is 1. The van der Waals surface area contributed by atoms with Crippen molar-refractivity contribution in [2.45, 2.75) is 33.1 Å². The summed E-state index contributed by atoms with van der Waals surface area (Å²) in [6, 6.07) is 19.9. The third kappa shape index (κ3) is 5.30. The van der Waals surface area contributed by atoms with Crippen LogP contribution in [0.4, 0.5) is 5.69 Å². The lowest BCUT2D eigenvalue weighted by Crippen LogP contribution is -2.16.